The fourth-order valence-electron chi connectivity index (χ4n) is 4.62. The molecule has 3 heterocycles. The Morgan fingerprint density at radius 2 is 2.09 bits per heavy atom. The Bertz CT molecular complexity index is 1210. The minimum atomic E-state index is -1.12. The highest BCUT2D eigenvalue weighted by molar-refractivity contribution is 5.95. The van der Waals surface area contributed by atoms with Gasteiger partial charge in [-0.25, -0.2) is 0 Å². The van der Waals surface area contributed by atoms with Crippen LogP contribution in [0.4, 0.5) is 5.69 Å². The summed E-state index contributed by atoms with van der Waals surface area (Å²) in [4.78, 5) is 15.9. The lowest BCUT2D eigenvalue weighted by Crippen LogP contribution is -2.45. The molecular formula is C26H29N3O6. The number of anilines is 1. The zero-order valence-electron chi connectivity index (χ0n) is 19.4. The van der Waals surface area contributed by atoms with E-state index in [4.69, 9.17) is 14.2 Å². The Kier molecular flexibility index (Phi) is 6.83. The second-order valence-electron chi connectivity index (χ2n) is 8.91. The van der Waals surface area contributed by atoms with Gasteiger partial charge in [0.25, 0.3) is 5.91 Å². The molecule has 2 unspecified atom stereocenters. The van der Waals surface area contributed by atoms with Crippen LogP contribution in [-0.4, -0.2) is 59.7 Å². The summed E-state index contributed by atoms with van der Waals surface area (Å²) in [5.74, 6) is 1.17. The van der Waals surface area contributed by atoms with Crippen LogP contribution in [-0.2, 0) is 16.1 Å². The number of nitrogens with one attached hydrogen (secondary N) is 2. The number of aromatic nitrogens is 1. The average Bonchev–Trinajstić information content (AvgIpc) is 2.90. The van der Waals surface area contributed by atoms with Crippen molar-refractivity contribution in [3.63, 3.8) is 0 Å². The van der Waals surface area contributed by atoms with Gasteiger partial charge < -0.3 is 35.1 Å². The molecular weight excluding hydrogens is 450 g/mol. The molecule has 9 heteroatoms. The van der Waals surface area contributed by atoms with E-state index in [-0.39, 0.29) is 18.6 Å². The summed E-state index contributed by atoms with van der Waals surface area (Å²) >= 11 is 0. The smallest absolute Gasteiger partial charge is 0.262 e. The van der Waals surface area contributed by atoms with Crippen LogP contribution in [0.2, 0.25) is 0 Å². The summed E-state index contributed by atoms with van der Waals surface area (Å²) < 4.78 is 16.7. The van der Waals surface area contributed by atoms with E-state index in [1.54, 1.807) is 19.4 Å². The summed E-state index contributed by atoms with van der Waals surface area (Å²) in [5, 5.41) is 28.9. The van der Waals surface area contributed by atoms with Crippen LogP contribution in [0.1, 0.15) is 30.1 Å². The van der Waals surface area contributed by atoms with E-state index >= 15 is 0 Å². The first-order chi connectivity index (χ1) is 17.0. The van der Waals surface area contributed by atoms with Gasteiger partial charge in [-0.3, -0.25) is 9.78 Å². The van der Waals surface area contributed by atoms with Crippen LogP contribution in [0.3, 0.4) is 0 Å². The summed E-state index contributed by atoms with van der Waals surface area (Å²) in [6.45, 7) is 1.07. The molecule has 4 N–H and O–H groups in total. The van der Waals surface area contributed by atoms with E-state index in [1.807, 2.05) is 36.4 Å². The van der Waals surface area contributed by atoms with E-state index in [2.05, 4.69) is 15.6 Å². The van der Waals surface area contributed by atoms with Crippen LogP contribution in [0.15, 0.2) is 48.7 Å². The van der Waals surface area contributed by atoms with Gasteiger partial charge in [-0.05, 0) is 60.4 Å². The zero-order valence-corrected chi connectivity index (χ0v) is 19.4. The number of benzene rings is 2. The standard InChI is InChI=1S/C26H29N3O6/c1-33-17-4-5-20-19(11-17)18(8-9-27-20)25(31)26(32)23-7-3-16(13-34-23)28-12-15-2-6-22-21(10-15)29-24(30)14-35-22/h2,4-6,8-11,16,23,25-26,28,31-32H,3,7,12-14H2,1H3,(H,29,30)/t16-,23+,25?,26?/m1/s1. The van der Waals surface area contributed by atoms with Gasteiger partial charge in [-0.2, -0.15) is 0 Å². The maximum absolute atomic E-state index is 11.5. The molecule has 0 saturated carbocycles. The number of carbonyl (C=O) groups excluding carboxylic acids is 1. The zero-order chi connectivity index (χ0) is 24.4. The lowest BCUT2D eigenvalue weighted by Gasteiger charge is -2.34. The predicted octanol–water partition coefficient (Wildman–Crippen LogP) is 2.31. The van der Waals surface area contributed by atoms with Crippen molar-refractivity contribution in [1.82, 2.24) is 10.3 Å². The number of aliphatic hydroxyl groups excluding tert-OH is 2. The van der Waals surface area contributed by atoms with Crippen molar-refractivity contribution in [2.24, 2.45) is 0 Å². The number of hydrogen-bond donors (Lipinski definition) is 4. The molecule has 3 aromatic rings. The number of ether oxygens (including phenoxy) is 3. The van der Waals surface area contributed by atoms with Crippen molar-refractivity contribution < 1.29 is 29.2 Å². The van der Waals surface area contributed by atoms with Crippen molar-refractivity contribution >= 4 is 22.5 Å². The van der Waals surface area contributed by atoms with Crippen molar-refractivity contribution in [3.8, 4) is 11.5 Å². The minimum Gasteiger partial charge on any atom is -0.497 e. The number of carbonyl (C=O) groups is 1. The average molecular weight is 480 g/mol. The van der Waals surface area contributed by atoms with E-state index in [0.717, 1.165) is 22.9 Å². The number of aliphatic hydroxyl groups is 2. The lowest BCUT2D eigenvalue weighted by atomic mass is 9.93. The minimum absolute atomic E-state index is 0.0390. The maximum atomic E-state index is 11.5. The van der Waals surface area contributed by atoms with Crippen molar-refractivity contribution in [2.75, 3.05) is 25.6 Å². The van der Waals surface area contributed by atoms with Gasteiger partial charge in [0, 0.05) is 24.2 Å². The number of methoxy groups -OCH3 is 1. The molecule has 2 aliphatic heterocycles. The molecule has 0 aliphatic carbocycles. The van der Waals surface area contributed by atoms with Crippen LogP contribution in [0.5, 0.6) is 11.5 Å². The van der Waals surface area contributed by atoms with Gasteiger partial charge in [0.2, 0.25) is 0 Å². The Hall–Kier alpha value is -3.24. The normalized spacial score (nSPS) is 21.5. The predicted molar refractivity (Wildman–Crippen MR) is 129 cm³/mol. The maximum Gasteiger partial charge on any atom is 0.262 e. The third-order valence-corrected chi connectivity index (χ3v) is 6.59. The molecule has 35 heavy (non-hydrogen) atoms. The highest BCUT2D eigenvalue weighted by Crippen LogP contribution is 2.32. The number of nitrogens with zero attached hydrogens (tertiary/aromatic N) is 1. The summed E-state index contributed by atoms with van der Waals surface area (Å²) in [5.41, 5.74) is 3.01. The molecule has 184 valence electrons. The molecule has 5 rings (SSSR count). The molecule has 0 spiro atoms. The third kappa shape index (κ3) is 5.08. The number of fused-ring (bicyclic) bond motifs is 2. The van der Waals surface area contributed by atoms with Gasteiger partial charge in [-0.15, -0.1) is 0 Å². The summed E-state index contributed by atoms with van der Waals surface area (Å²) in [7, 11) is 1.58. The van der Waals surface area contributed by atoms with Gasteiger partial charge in [0.15, 0.2) is 6.61 Å². The highest BCUT2D eigenvalue weighted by atomic mass is 16.5. The number of rotatable bonds is 7. The molecule has 1 amide bonds. The lowest BCUT2D eigenvalue weighted by molar-refractivity contribution is -0.118. The molecule has 0 radical (unpaired) electrons. The van der Waals surface area contributed by atoms with E-state index in [0.29, 0.717) is 42.3 Å². The molecule has 1 aromatic heterocycles. The Morgan fingerprint density at radius 1 is 1.20 bits per heavy atom. The molecule has 4 atom stereocenters. The fourth-order valence-corrected chi connectivity index (χ4v) is 4.62. The van der Waals surface area contributed by atoms with E-state index in [1.165, 1.54) is 0 Å². The molecule has 0 bridgehead atoms. The van der Waals surface area contributed by atoms with Gasteiger partial charge in [-0.1, -0.05) is 6.07 Å². The first-order valence-electron chi connectivity index (χ1n) is 11.7. The molecule has 2 aromatic carbocycles. The largest absolute Gasteiger partial charge is 0.497 e. The number of hydrogen-bond acceptors (Lipinski definition) is 8. The molecule has 2 aliphatic rings. The Labute approximate surface area is 203 Å². The van der Waals surface area contributed by atoms with Crippen LogP contribution in [0.25, 0.3) is 10.9 Å². The Morgan fingerprint density at radius 3 is 2.89 bits per heavy atom. The quantitative estimate of drug-likeness (QED) is 0.407. The van der Waals surface area contributed by atoms with Gasteiger partial charge >= 0.3 is 0 Å². The second-order valence-corrected chi connectivity index (χ2v) is 8.91. The molecule has 1 fully saturated rings. The first-order valence-corrected chi connectivity index (χ1v) is 11.7. The summed E-state index contributed by atoms with van der Waals surface area (Å²) in [6.07, 6.45) is 0.362. The first kappa shape index (κ1) is 23.5. The molecule has 9 nitrogen and oxygen atoms in total. The fraction of sp³-hybridized carbons (Fsp3) is 0.385. The summed E-state index contributed by atoms with van der Waals surface area (Å²) in [6, 6.07) is 13.0. The number of amides is 1. The Balaban J connectivity index is 1.17. The third-order valence-electron chi connectivity index (χ3n) is 6.59. The van der Waals surface area contributed by atoms with Crippen molar-refractivity contribution in [1.29, 1.82) is 0 Å². The monoisotopic (exact) mass is 479 g/mol. The van der Waals surface area contributed by atoms with Crippen LogP contribution >= 0.6 is 0 Å². The van der Waals surface area contributed by atoms with E-state index in [9.17, 15) is 15.0 Å². The highest BCUT2D eigenvalue weighted by Gasteiger charge is 2.33. The SMILES string of the molecule is COc1ccc2nccc(C(O)C(O)[C@@H]3CC[C@@H](NCc4ccc5c(c4)NC(=O)CO5)CO3)c2c1. The number of pyridine rings is 1. The van der Waals surface area contributed by atoms with E-state index < -0.39 is 18.3 Å². The van der Waals surface area contributed by atoms with Gasteiger partial charge in [0.1, 0.15) is 23.7 Å². The topological polar surface area (TPSA) is 122 Å². The van der Waals surface area contributed by atoms with Crippen LogP contribution < -0.4 is 20.1 Å². The van der Waals surface area contributed by atoms with Gasteiger partial charge in [0.05, 0.1) is 31.0 Å². The van der Waals surface area contributed by atoms with Crippen molar-refractivity contribution in [3.05, 3.63) is 59.8 Å². The molecule has 1 saturated heterocycles. The van der Waals surface area contributed by atoms with Crippen LogP contribution in [0, 0.1) is 0 Å². The van der Waals surface area contributed by atoms with Crippen molar-refractivity contribution in [2.45, 2.75) is 43.7 Å². The second kappa shape index (κ2) is 10.2.